The Labute approximate surface area is 299 Å². The summed E-state index contributed by atoms with van der Waals surface area (Å²) in [5.74, 6) is 1.54. The molecule has 51 heavy (non-hydrogen) atoms. The number of aliphatic hydroxyl groups is 1. The predicted molar refractivity (Wildman–Crippen MR) is 202 cm³/mol. The first kappa shape index (κ1) is 35.1. The maximum absolute atomic E-state index is 14.5. The van der Waals surface area contributed by atoms with Crippen LogP contribution in [-0.2, 0) is 16.0 Å². The van der Waals surface area contributed by atoms with E-state index in [1.54, 1.807) is 7.11 Å². The van der Waals surface area contributed by atoms with E-state index in [-0.39, 0.29) is 18.9 Å². The lowest BCUT2D eigenvalue weighted by atomic mass is 9.84. The summed E-state index contributed by atoms with van der Waals surface area (Å²) in [7, 11) is 1.65. The van der Waals surface area contributed by atoms with Gasteiger partial charge in [0.05, 0.1) is 13.7 Å². The molecule has 8 heteroatoms. The maximum Gasteiger partial charge on any atom is 0.266 e. The van der Waals surface area contributed by atoms with Crippen LogP contribution in [0.3, 0.4) is 0 Å². The summed E-state index contributed by atoms with van der Waals surface area (Å²) in [6.45, 7) is 0.992. The standard InChI is InChI=1S/C43H43N3O5/c1-49-38-23-15-33(16-24-38)27-29-44-46-42(48)43(28-8-12-32-10-4-2-5-11-32)40(36-19-17-35(18-20-36)34-13-6-3-7-14-34)51-41(45-43)37-21-25-39(26-22-37)50-31-9-30-47/h2-8,10-26,40,44,47H,9,27-31H2,1H3,(H,46,48)/b12-8+/t40-,43-/m0/s1. The molecule has 1 aliphatic rings. The molecule has 1 heterocycles. The fourth-order valence-corrected chi connectivity index (χ4v) is 5.99. The first-order valence-corrected chi connectivity index (χ1v) is 17.2. The third-order valence-corrected chi connectivity index (χ3v) is 8.79. The molecule has 0 saturated heterocycles. The number of ether oxygens (including phenoxy) is 3. The monoisotopic (exact) mass is 681 g/mol. The molecular weight excluding hydrogens is 638 g/mol. The van der Waals surface area contributed by atoms with E-state index >= 15 is 0 Å². The lowest BCUT2D eigenvalue weighted by Crippen LogP contribution is -2.52. The van der Waals surface area contributed by atoms with Gasteiger partial charge in [0.1, 0.15) is 11.5 Å². The van der Waals surface area contributed by atoms with Gasteiger partial charge in [-0.25, -0.2) is 10.4 Å². The molecule has 0 aliphatic carbocycles. The van der Waals surface area contributed by atoms with Crippen molar-refractivity contribution in [2.75, 3.05) is 26.9 Å². The summed E-state index contributed by atoms with van der Waals surface area (Å²) in [6, 6.07) is 43.6. The van der Waals surface area contributed by atoms with Crippen molar-refractivity contribution in [1.29, 1.82) is 0 Å². The average molecular weight is 682 g/mol. The van der Waals surface area contributed by atoms with Crippen LogP contribution in [0.25, 0.3) is 17.2 Å². The molecule has 0 bridgehead atoms. The van der Waals surface area contributed by atoms with Gasteiger partial charge < -0.3 is 19.3 Å². The molecule has 0 unspecified atom stereocenters. The minimum atomic E-state index is -1.34. The van der Waals surface area contributed by atoms with Gasteiger partial charge in [0, 0.05) is 31.6 Å². The molecular formula is C43H43N3O5. The molecule has 8 nitrogen and oxygen atoms in total. The summed E-state index contributed by atoms with van der Waals surface area (Å²) in [4.78, 5) is 19.6. The Morgan fingerprint density at radius 3 is 2.16 bits per heavy atom. The quantitative estimate of drug-likeness (QED) is 0.0744. The first-order valence-electron chi connectivity index (χ1n) is 17.2. The molecule has 0 fully saturated rings. The maximum atomic E-state index is 14.5. The van der Waals surface area contributed by atoms with Gasteiger partial charge in [0.15, 0.2) is 11.6 Å². The van der Waals surface area contributed by atoms with Gasteiger partial charge in [-0.3, -0.25) is 10.2 Å². The lowest BCUT2D eigenvalue weighted by molar-refractivity contribution is -0.129. The first-order chi connectivity index (χ1) is 25.1. The SMILES string of the molecule is COc1ccc(CCNNC(=O)[C@@]2(C/C=C/c3ccccc3)N=C(c3ccc(OCCCO)cc3)O[C@H]2c2ccc(-c3ccccc3)cc2)cc1. The van der Waals surface area contributed by atoms with Crippen molar-refractivity contribution in [2.24, 2.45) is 4.99 Å². The van der Waals surface area contributed by atoms with Crippen LogP contribution in [0.4, 0.5) is 0 Å². The fourth-order valence-electron chi connectivity index (χ4n) is 5.99. The van der Waals surface area contributed by atoms with Crippen molar-refractivity contribution in [1.82, 2.24) is 10.9 Å². The summed E-state index contributed by atoms with van der Waals surface area (Å²) >= 11 is 0. The Hall–Kier alpha value is -5.70. The van der Waals surface area contributed by atoms with Gasteiger partial charge >= 0.3 is 0 Å². The van der Waals surface area contributed by atoms with Gasteiger partial charge in [-0.15, -0.1) is 0 Å². The zero-order valence-electron chi connectivity index (χ0n) is 28.7. The van der Waals surface area contributed by atoms with Crippen molar-refractivity contribution in [2.45, 2.75) is 30.9 Å². The number of nitrogens with one attached hydrogen (secondary N) is 2. The van der Waals surface area contributed by atoms with Gasteiger partial charge in [-0.05, 0) is 70.6 Å². The van der Waals surface area contributed by atoms with Crippen LogP contribution in [0.1, 0.15) is 41.2 Å². The number of hydrogen-bond acceptors (Lipinski definition) is 7. The number of hydrogen-bond donors (Lipinski definition) is 3. The van der Waals surface area contributed by atoms with Crippen LogP contribution in [0.2, 0.25) is 0 Å². The number of aliphatic hydroxyl groups excluding tert-OH is 1. The van der Waals surface area contributed by atoms with Crippen molar-refractivity contribution >= 4 is 17.9 Å². The Morgan fingerprint density at radius 1 is 0.824 bits per heavy atom. The summed E-state index contributed by atoms with van der Waals surface area (Å²) in [6.07, 6.45) is 4.81. The molecule has 0 spiro atoms. The van der Waals surface area contributed by atoms with Gasteiger partial charge in [-0.2, -0.15) is 0 Å². The van der Waals surface area contributed by atoms with Gasteiger partial charge in [0.25, 0.3) is 5.91 Å². The fraction of sp³-hybridized carbons (Fsp3) is 0.209. The highest BCUT2D eigenvalue weighted by Gasteiger charge is 2.52. The third-order valence-electron chi connectivity index (χ3n) is 8.79. The molecule has 6 rings (SSSR count). The minimum absolute atomic E-state index is 0.0651. The van der Waals surface area contributed by atoms with E-state index in [0.717, 1.165) is 39.1 Å². The Bertz CT molecular complexity index is 1890. The second kappa shape index (κ2) is 17.3. The van der Waals surface area contributed by atoms with Crippen LogP contribution in [0.5, 0.6) is 11.5 Å². The molecule has 260 valence electrons. The number of rotatable bonds is 16. The number of hydrazine groups is 1. The summed E-state index contributed by atoms with van der Waals surface area (Å²) < 4.78 is 17.7. The molecule has 0 aromatic heterocycles. The molecule has 5 aromatic carbocycles. The van der Waals surface area contributed by atoms with E-state index in [1.165, 1.54) is 0 Å². The lowest BCUT2D eigenvalue weighted by Gasteiger charge is -2.30. The van der Waals surface area contributed by atoms with E-state index in [1.807, 2.05) is 121 Å². The second-order valence-corrected chi connectivity index (χ2v) is 12.3. The van der Waals surface area contributed by atoms with E-state index in [0.29, 0.717) is 37.6 Å². The van der Waals surface area contributed by atoms with E-state index in [4.69, 9.17) is 24.3 Å². The number of aliphatic imine (C=N–C) groups is 1. The van der Waals surface area contributed by atoms with Crippen molar-refractivity contribution in [3.05, 3.63) is 162 Å². The summed E-state index contributed by atoms with van der Waals surface area (Å²) in [5, 5.41) is 9.12. The molecule has 3 N–H and O–H groups in total. The Balaban J connectivity index is 1.31. The van der Waals surface area contributed by atoms with Crippen LogP contribution in [0.15, 0.2) is 145 Å². The van der Waals surface area contributed by atoms with Gasteiger partial charge in [0.2, 0.25) is 5.90 Å². The number of carbonyl (C=O) groups excluding carboxylic acids is 1. The van der Waals surface area contributed by atoms with E-state index in [2.05, 4.69) is 35.1 Å². The smallest absolute Gasteiger partial charge is 0.266 e. The van der Waals surface area contributed by atoms with Crippen LogP contribution in [0, 0.1) is 0 Å². The van der Waals surface area contributed by atoms with Crippen LogP contribution in [-0.4, -0.2) is 49.3 Å². The third kappa shape index (κ3) is 8.91. The number of carbonyl (C=O) groups is 1. The number of methoxy groups -OCH3 is 1. The van der Waals surface area contributed by atoms with Crippen molar-refractivity contribution in [3.8, 4) is 22.6 Å². The molecule has 2 atom stereocenters. The molecule has 0 radical (unpaired) electrons. The highest BCUT2D eigenvalue weighted by atomic mass is 16.5. The topological polar surface area (TPSA) is 101 Å². The highest BCUT2D eigenvalue weighted by Crippen LogP contribution is 2.43. The van der Waals surface area contributed by atoms with Crippen molar-refractivity contribution in [3.63, 3.8) is 0 Å². The number of benzene rings is 5. The zero-order valence-corrected chi connectivity index (χ0v) is 28.7. The van der Waals surface area contributed by atoms with Crippen LogP contribution < -0.4 is 20.3 Å². The van der Waals surface area contributed by atoms with E-state index in [9.17, 15) is 4.79 Å². The number of amides is 1. The molecule has 1 amide bonds. The van der Waals surface area contributed by atoms with Gasteiger partial charge in [-0.1, -0.05) is 109 Å². The average Bonchev–Trinajstić information content (AvgIpc) is 3.58. The minimum Gasteiger partial charge on any atom is -0.497 e. The molecule has 0 saturated carbocycles. The zero-order chi connectivity index (χ0) is 35.3. The largest absolute Gasteiger partial charge is 0.497 e. The number of nitrogens with zero attached hydrogens (tertiary/aromatic N) is 1. The summed E-state index contributed by atoms with van der Waals surface area (Å²) in [5.41, 5.74) is 10.7. The predicted octanol–water partition coefficient (Wildman–Crippen LogP) is 7.35. The second-order valence-electron chi connectivity index (χ2n) is 12.3. The van der Waals surface area contributed by atoms with Crippen LogP contribution >= 0.6 is 0 Å². The van der Waals surface area contributed by atoms with E-state index < -0.39 is 11.6 Å². The van der Waals surface area contributed by atoms with Crippen molar-refractivity contribution < 1.29 is 24.1 Å². The highest BCUT2D eigenvalue weighted by molar-refractivity contribution is 6.01. The Kier molecular flexibility index (Phi) is 11.9. The molecule has 5 aromatic rings. The molecule has 1 aliphatic heterocycles. The normalized spacial score (nSPS) is 16.7. The Morgan fingerprint density at radius 2 is 1.47 bits per heavy atom.